The Morgan fingerprint density at radius 1 is 0.438 bits per heavy atom. The second-order valence-corrected chi connectivity index (χ2v) is 19.6. The highest BCUT2D eigenvalue weighted by molar-refractivity contribution is 5.76. The second-order valence-electron chi connectivity index (χ2n) is 19.6. The van der Waals surface area contributed by atoms with Crippen molar-refractivity contribution in [2.45, 2.75) is 321 Å². The molecule has 378 valence electrons. The normalized spacial score (nSPS) is 12.8. The van der Waals surface area contributed by atoms with Crippen LogP contribution in [-0.2, 0) is 14.3 Å². The Morgan fingerprint density at radius 3 is 1.25 bits per heavy atom. The summed E-state index contributed by atoms with van der Waals surface area (Å²) in [7, 11) is 0. The predicted octanol–water partition coefficient (Wildman–Crippen LogP) is 17.5. The van der Waals surface area contributed by atoms with E-state index in [1.165, 1.54) is 225 Å². The number of esters is 1. The number of aliphatic hydroxyl groups is 2. The Labute approximate surface area is 399 Å². The maximum Gasteiger partial charge on any atom is 0.305 e. The molecule has 0 spiro atoms. The first-order valence-electron chi connectivity index (χ1n) is 28.6. The molecule has 0 fully saturated rings. The number of carbonyl (C=O) groups excluding carboxylic acids is 2. The lowest BCUT2D eigenvalue weighted by molar-refractivity contribution is -0.143. The summed E-state index contributed by atoms with van der Waals surface area (Å²) in [5.74, 6) is -0.0351. The fraction of sp³-hybridized carbons (Fsp3) is 0.897. The Balaban J connectivity index is 3.34. The van der Waals surface area contributed by atoms with Gasteiger partial charge in [0.05, 0.1) is 25.4 Å². The van der Waals surface area contributed by atoms with Crippen molar-refractivity contribution in [1.29, 1.82) is 0 Å². The van der Waals surface area contributed by atoms with E-state index in [1.807, 2.05) is 0 Å². The highest BCUT2D eigenvalue weighted by Crippen LogP contribution is 2.17. The zero-order chi connectivity index (χ0) is 46.5. The van der Waals surface area contributed by atoms with Crippen LogP contribution in [0.15, 0.2) is 24.3 Å². The van der Waals surface area contributed by atoms with E-state index in [0.29, 0.717) is 25.9 Å². The number of unbranched alkanes of at least 4 members (excludes halogenated alkanes) is 38. The zero-order valence-corrected chi connectivity index (χ0v) is 43.0. The average molecular weight is 903 g/mol. The summed E-state index contributed by atoms with van der Waals surface area (Å²) in [5, 5.41) is 23.1. The van der Waals surface area contributed by atoms with Crippen LogP contribution in [0, 0.1) is 0 Å². The van der Waals surface area contributed by atoms with E-state index in [2.05, 4.69) is 43.5 Å². The highest BCUT2D eigenvalue weighted by Gasteiger charge is 2.20. The molecule has 0 aromatic heterocycles. The summed E-state index contributed by atoms with van der Waals surface area (Å²) in [6, 6.07) is -0.538. The quantitative estimate of drug-likeness (QED) is 0.0321. The molecule has 0 heterocycles. The van der Waals surface area contributed by atoms with Crippen molar-refractivity contribution in [3.8, 4) is 0 Å². The minimum atomic E-state index is -0.661. The smallest absolute Gasteiger partial charge is 0.305 e. The third-order valence-corrected chi connectivity index (χ3v) is 13.2. The van der Waals surface area contributed by atoms with Crippen LogP contribution in [0.1, 0.15) is 309 Å². The van der Waals surface area contributed by atoms with Crippen LogP contribution in [0.25, 0.3) is 0 Å². The molecular weight excluding hydrogens is 791 g/mol. The third kappa shape index (κ3) is 49.8. The van der Waals surface area contributed by atoms with Crippen LogP contribution in [0.5, 0.6) is 0 Å². The summed E-state index contributed by atoms with van der Waals surface area (Å²) >= 11 is 0. The van der Waals surface area contributed by atoms with E-state index in [9.17, 15) is 19.8 Å². The van der Waals surface area contributed by atoms with Crippen LogP contribution in [-0.4, -0.2) is 47.4 Å². The molecular formula is C58H111NO5. The lowest BCUT2D eigenvalue weighted by Gasteiger charge is -2.22. The van der Waals surface area contributed by atoms with Crippen molar-refractivity contribution < 1.29 is 24.5 Å². The molecule has 0 saturated carbocycles. The standard InChI is InChI=1S/C58H111NO5/c1-3-5-7-9-11-13-15-28-32-36-40-44-48-52-58(63)64-53-49-45-41-37-33-30-27-25-23-21-19-17-16-18-20-22-24-26-29-31-35-39-43-47-51-57(62)59-55(54-60)56(61)50-46-42-38-34-14-12-10-8-6-4-2/h7,9,13,15,55-56,60-61H,3-6,8,10-12,14,16-54H2,1-2H3,(H,59,62)/b9-7-,15-13-. The van der Waals surface area contributed by atoms with E-state index in [1.54, 1.807) is 0 Å². The SMILES string of the molecule is CCC/C=C\C/C=C\CCCCCCCC(=O)OCCCCCCCCCCCCCCCCCCCCCCCCCCC(=O)NC(CO)C(O)CCCCCCCCCCCC. The van der Waals surface area contributed by atoms with Gasteiger partial charge >= 0.3 is 5.97 Å². The van der Waals surface area contributed by atoms with Crippen molar-refractivity contribution in [3.05, 3.63) is 24.3 Å². The summed E-state index contributed by atoms with van der Waals surface area (Å²) in [6.07, 6.45) is 64.7. The van der Waals surface area contributed by atoms with Crippen LogP contribution < -0.4 is 5.32 Å². The molecule has 0 aliphatic carbocycles. The number of hydrogen-bond acceptors (Lipinski definition) is 5. The van der Waals surface area contributed by atoms with Crippen molar-refractivity contribution >= 4 is 11.9 Å². The van der Waals surface area contributed by atoms with Crippen molar-refractivity contribution in [1.82, 2.24) is 5.32 Å². The first kappa shape index (κ1) is 62.3. The third-order valence-electron chi connectivity index (χ3n) is 13.2. The number of ether oxygens (including phenoxy) is 1. The monoisotopic (exact) mass is 902 g/mol. The molecule has 6 nitrogen and oxygen atoms in total. The molecule has 0 radical (unpaired) electrons. The molecule has 64 heavy (non-hydrogen) atoms. The van der Waals surface area contributed by atoms with Crippen LogP contribution >= 0.6 is 0 Å². The van der Waals surface area contributed by atoms with Gasteiger partial charge in [0.1, 0.15) is 0 Å². The summed E-state index contributed by atoms with van der Waals surface area (Å²) in [6.45, 7) is 4.88. The van der Waals surface area contributed by atoms with Gasteiger partial charge in [-0.15, -0.1) is 0 Å². The molecule has 0 aromatic carbocycles. The number of rotatable bonds is 53. The fourth-order valence-electron chi connectivity index (χ4n) is 8.85. The first-order valence-corrected chi connectivity index (χ1v) is 28.6. The molecule has 0 aliphatic rings. The average Bonchev–Trinajstić information content (AvgIpc) is 3.29. The molecule has 0 rings (SSSR count). The number of carbonyl (C=O) groups is 2. The highest BCUT2D eigenvalue weighted by atomic mass is 16.5. The molecule has 0 aromatic rings. The Bertz CT molecular complexity index is 997. The van der Waals surface area contributed by atoms with E-state index in [0.717, 1.165) is 51.4 Å². The Hall–Kier alpha value is -1.66. The zero-order valence-electron chi connectivity index (χ0n) is 43.0. The largest absolute Gasteiger partial charge is 0.466 e. The topological polar surface area (TPSA) is 95.9 Å². The predicted molar refractivity (Wildman–Crippen MR) is 278 cm³/mol. The van der Waals surface area contributed by atoms with E-state index in [-0.39, 0.29) is 18.5 Å². The maximum atomic E-state index is 12.4. The molecule has 0 saturated heterocycles. The molecule has 3 N–H and O–H groups in total. The van der Waals surface area contributed by atoms with E-state index in [4.69, 9.17) is 4.74 Å². The maximum absolute atomic E-state index is 12.4. The summed E-state index contributed by atoms with van der Waals surface area (Å²) in [5.41, 5.74) is 0. The van der Waals surface area contributed by atoms with Gasteiger partial charge in [-0.25, -0.2) is 0 Å². The molecule has 1 amide bonds. The van der Waals surface area contributed by atoms with Gasteiger partial charge in [0.25, 0.3) is 0 Å². The Morgan fingerprint density at radius 2 is 0.812 bits per heavy atom. The van der Waals surface area contributed by atoms with Crippen LogP contribution in [0.2, 0.25) is 0 Å². The van der Waals surface area contributed by atoms with Gasteiger partial charge in [0.2, 0.25) is 5.91 Å². The number of allylic oxidation sites excluding steroid dienone is 4. The van der Waals surface area contributed by atoms with Gasteiger partial charge in [-0.05, 0) is 51.4 Å². The van der Waals surface area contributed by atoms with Gasteiger partial charge < -0.3 is 20.3 Å². The number of hydrogen-bond donors (Lipinski definition) is 3. The van der Waals surface area contributed by atoms with Gasteiger partial charge in [-0.1, -0.05) is 269 Å². The van der Waals surface area contributed by atoms with Crippen molar-refractivity contribution in [2.24, 2.45) is 0 Å². The summed E-state index contributed by atoms with van der Waals surface area (Å²) in [4.78, 5) is 24.4. The molecule has 0 bridgehead atoms. The van der Waals surface area contributed by atoms with Crippen molar-refractivity contribution in [3.63, 3.8) is 0 Å². The van der Waals surface area contributed by atoms with Crippen LogP contribution in [0.3, 0.4) is 0 Å². The molecule has 2 atom stereocenters. The molecule has 6 heteroatoms. The fourth-order valence-corrected chi connectivity index (χ4v) is 8.85. The summed E-state index contributed by atoms with van der Waals surface area (Å²) < 4.78 is 5.46. The van der Waals surface area contributed by atoms with Crippen molar-refractivity contribution in [2.75, 3.05) is 13.2 Å². The lowest BCUT2D eigenvalue weighted by Crippen LogP contribution is -2.45. The van der Waals surface area contributed by atoms with Gasteiger partial charge in [0.15, 0.2) is 0 Å². The molecule has 0 aliphatic heterocycles. The second kappa shape index (κ2) is 54.0. The van der Waals surface area contributed by atoms with Gasteiger partial charge in [-0.2, -0.15) is 0 Å². The minimum Gasteiger partial charge on any atom is -0.466 e. The van der Waals surface area contributed by atoms with E-state index < -0.39 is 12.1 Å². The minimum absolute atomic E-state index is 0.0000414. The number of amides is 1. The molecule has 2 unspecified atom stereocenters. The van der Waals surface area contributed by atoms with Gasteiger partial charge in [-0.3, -0.25) is 9.59 Å². The lowest BCUT2D eigenvalue weighted by atomic mass is 10.0. The first-order chi connectivity index (χ1) is 31.5. The number of nitrogens with one attached hydrogen (secondary N) is 1. The van der Waals surface area contributed by atoms with Gasteiger partial charge in [0, 0.05) is 12.8 Å². The van der Waals surface area contributed by atoms with Crippen LogP contribution in [0.4, 0.5) is 0 Å². The Kier molecular flexibility index (Phi) is 52.6. The van der Waals surface area contributed by atoms with E-state index >= 15 is 0 Å². The number of aliphatic hydroxyl groups excluding tert-OH is 2.